The van der Waals surface area contributed by atoms with Crippen molar-refractivity contribution in [1.82, 2.24) is 9.88 Å². The predicted molar refractivity (Wildman–Crippen MR) is 111 cm³/mol. The molecule has 148 valence electrons. The van der Waals surface area contributed by atoms with Crippen molar-refractivity contribution in [1.29, 1.82) is 0 Å². The lowest BCUT2D eigenvalue weighted by Crippen LogP contribution is -2.49. The molecule has 1 aliphatic heterocycles. The van der Waals surface area contributed by atoms with Crippen molar-refractivity contribution >= 4 is 23.3 Å². The van der Waals surface area contributed by atoms with E-state index < -0.39 is 0 Å². The molecule has 0 saturated carbocycles. The Morgan fingerprint density at radius 1 is 1.04 bits per heavy atom. The first kappa shape index (κ1) is 19.9. The third-order valence-corrected chi connectivity index (χ3v) is 5.01. The second kappa shape index (κ2) is 9.35. The van der Waals surface area contributed by atoms with Crippen LogP contribution in [0, 0.1) is 6.92 Å². The summed E-state index contributed by atoms with van der Waals surface area (Å²) in [6.07, 6.45) is 1.36. The lowest BCUT2D eigenvalue weighted by molar-refractivity contribution is -0.133. The van der Waals surface area contributed by atoms with Gasteiger partial charge in [0.15, 0.2) is 0 Å². The maximum Gasteiger partial charge on any atom is 0.224 e. The first-order valence-electron chi connectivity index (χ1n) is 9.90. The average molecular weight is 380 g/mol. The maximum atomic E-state index is 12.5. The molecule has 3 rings (SSSR count). The zero-order valence-corrected chi connectivity index (χ0v) is 16.6. The largest absolute Gasteiger partial charge is 0.353 e. The molecule has 28 heavy (non-hydrogen) atoms. The Kier molecular flexibility index (Phi) is 6.63. The Balaban J connectivity index is 1.43. The number of amides is 2. The molecule has 2 amide bonds. The van der Waals surface area contributed by atoms with Gasteiger partial charge in [0.1, 0.15) is 5.82 Å². The summed E-state index contributed by atoms with van der Waals surface area (Å²) in [5.41, 5.74) is 2.96. The Bertz CT molecular complexity index is 829. The summed E-state index contributed by atoms with van der Waals surface area (Å²) in [5, 5.41) is 2.88. The Morgan fingerprint density at radius 3 is 2.50 bits per heavy atom. The number of piperazine rings is 1. The molecule has 0 bridgehead atoms. The fourth-order valence-corrected chi connectivity index (χ4v) is 3.36. The van der Waals surface area contributed by atoms with Gasteiger partial charge in [-0.05, 0) is 43.2 Å². The first-order chi connectivity index (χ1) is 13.5. The average Bonchev–Trinajstić information content (AvgIpc) is 2.72. The van der Waals surface area contributed by atoms with E-state index in [1.807, 2.05) is 54.3 Å². The summed E-state index contributed by atoms with van der Waals surface area (Å²) >= 11 is 0. The van der Waals surface area contributed by atoms with Gasteiger partial charge >= 0.3 is 0 Å². The van der Waals surface area contributed by atoms with Crippen LogP contribution in [0.3, 0.4) is 0 Å². The quantitative estimate of drug-likeness (QED) is 0.837. The number of carbonyl (C=O) groups is 2. The van der Waals surface area contributed by atoms with Gasteiger partial charge in [-0.1, -0.05) is 25.1 Å². The summed E-state index contributed by atoms with van der Waals surface area (Å²) < 4.78 is 0. The van der Waals surface area contributed by atoms with Gasteiger partial charge in [-0.15, -0.1) is 0 Å². The summed E-state index contributed by atoms with van der Waals surface area (Å²) in [7, 11) is 0. The molecule has 1 aliphatic rings. The summed E-state index contributed by atoms with van der Waals surface area (Å²) in [4.78, 5) is 33.2. The molecule has 0 spiro atoms. The molecule has 0 radical (unpaired) electrons. The van der Waals surface area contributed by atoms with Crippen molar-refractivity contribution < 1.29 is 9.59 Å². The minimum Gasteiger partial charge on any atom is -0.353 e. The Hall–Kier alpha value is -2.89. The molecule has 2 aromatic rings. The van der Waals surface area contributed by atoms with Crippen molar-refractivity contribution in [2.45, 2.75) is 33.1 Å². The molecule has 0 aliphatic carbocycles. The summed E-state index contributed by atoms with van der Waals surface area (Å²) in [5.74, 6) is 0.874. The number of hydrogen-bond acceptors (Lipinski definition) is 4. The minimum atomic E-state index is -0.121. The lowest BCUT2D eigenvalue weighted by Gasteiger charge is -2.35. The Labute approximate surface area is 166 Å². The van der Waals surface area contributed by atoms with Crippen LogP contribution >= 0.6 is 0 Å². The molecular formula is C22H28N4O2. The first-order valence-corrected chi connectivity index (χ1v) is 9.90. The number of nitrogens with one attached hydrogen (secondary N) is 1. The van der Waals surface area contributed by atoms with Gasteiger partial charge in [-0.2, -0.15) is 0 Å². The zero-order valence-electron chi connectivity index (χ0n) is 16.6. The molecule has 1 aromatic heterocycles. The van der Waals surface area contributed by atoms with Gasteiger partial charge < -0.3 is 15.1 Å². The van der Waals surface area contributed by atoms with Gasteiger partial charge in [0.05, 0.1) is 0 Å². The third-order valence-electron chi connectivity index (χ3n) is 5.01. The second-order valence-corrected chi connectivity index (χ2v) is 7.11. The van der Waals surface area contributed by atoms with Gasteiger partial charge in [0, 0.05) is 50.4 Å². The van der Waals surface area contributed by atoms with Crippen LogP contribution in [0.1, 0.15) is 31.0 Å². The molecule has 1 aromatic carbocycles. The minimum absolute atomic E-state index is 0.0364. The number of aromatic nitrogens is 1. The number of rotatable bonds is 6. The molecule has 1 fully saturated rings. The lowest BCUT2D eigenvalue weighted by atomic mass is 10.1. The normalized spacial score (nSPS) is 14.1. The van der Waals surface area contributed by atoms with E-state index >= 15 is 0 Å². The maximum absolute atomic E-state index is 12.5. The highest BCUT2D eigenvalue weighted by Crippen LogP contribution is 2.15. The fourth-order valence-electron chi connectivity index (χ4n) is 3.36. The molecular weight excluding hydrogens is 352 g/mol. The topological polar surface area (TPSA) is 65.5 Å². The van der Waals surface area contributed by atoms with E-state index in [9.17, 15) is 9.59 Å². The standard InChI is InChI=1S/C22H28N4O2/c1-3-18-7-5-8-19(16-18)24-21(27)10-11-22(28)26-14-12-25(13-15-26)20-9-4-6-17(2)23-20/h4-9,16H,3,10-15H2,1-2H3,(H,24,27). The van der Waals surface area contributed by atoms with Crippen LogP contribution in [-0.2, 0) is 16.0 Å². The number of nitrogens with zero attached hydrogens (tertiary/aromatic N) is 3. The van der Waals surface area contributed by atoms with Crippen molar-refractivity contribution in [3.8, 4) is 0 Å². The van der Waals surface area contributed by atoms with E-state index in [-0.39, 0.29) is 24.7 Å². The van der Waals surface area contributed by atoms with E-state index in [1.165, 1.54) is 5.56 Å². The van der Waals surface area contributed by atoms with Crippen molar-refractivity contribution in [2.24, 2.45) is 0 Å². The number of hydrogen-bond donors (Lipinski definition) is 1. The smallest absolute Gasteiger partial charge is 0.224 e. The van der Waals surface area contributed by atoms with E-state index in [2.05, 4.69) is 22.1 Å². The molecule has 0 unspecified atom stereocenters. The van der Waals surface area contributed by atoms with Gasteiger partial charge in [-0.25, -0.2) is 4.98 Å². The number of aryl methyl sites for hydroxylation is 2. The number of pyridine rings is 1. The van der Waals surface area contributed by atoms with Crippen LogP contribution in [0.4, 0.5) is 11.5 Å². The summed E-state index contributed by atoms with van der Waals surface area (Å²) in [6, 6.07) is 13.8. The van der Waals surface area contributed by atoms with Crippen LogP contribution in [0.5, 0.6) is 0 Å². The zero-order chi connectivity index (χ0) is 19.9. The monoisotopic (exact) mass is 380 g/mol. The Morgan fingerprint density at radius 2 is 1.79 bits per heavy atom. The van der Waals surface area contributed by atoms with E-state index in [0.717, 1.165) is 36.7 Å². The molecule has 1 N–H and O–H groups in total. The van der Waals surface area contributed by atoms with Crippen molar-refractivity contribution in [3.63, 3.8) is 0 Å². The van der Waals surface area contributed by atoms with Crippen LogP contribution in [0.25, 0.3) is 0 Å². The highest BCUT2D eigenvalue weighted by atomic mass is 16.2. The van der Waals surface area contributed by atoms with Crippen molar-refractivity contribution in [2.75, 3.05) is 36.4 Å². The highest BCUT2D eigenvalue weighted by molar-refractivity contribution is 5.93. The van der Waals surface area contributed by atoms with Gasteiger partial charge in [0.25, 0.3) is 0 Å². The van der Waals surface area contributed by atoms with Crippen LogP contribution in [0.2, 0.25) is 0 Å². The summed E-state index contributed by atoms with van der Waals surface area (Å²) in [6.45, 7) is 6.90. The van der Waals surface area contributed by atoms with Crippen molar-refractivity contribution in [3.05, 3.63) is 53.7 Å². The van der Waals surface area contributed by atoms with Crippen LogP contribution in [-0.4, -0.2) is 47.9 Å². The van der Waals surface area contributed by atoms with E-state index in [0.29, 0.717) is 13.1 Å². The number of carbonyl (C=O) groups excluding carboxylic acids is 2. The fraction of sp³-hybridized carbons (Fsp3) is 0.409. The molecule has 0 atom stereocenters. The van der Waals surface area contributed by atoms with Gasteiger partial charge in [0.2, 0.25) is 11.8 Å². The molecule has 6 heteroatoms. The van der Waals surface area contributed by atoms with Crippen LogP contribution < -0.4 is 10.2 Å². The highest BCUT2D eigenvalue weighted by Gasteiger charge is 2.22. The van der Waals surface area contributed by atoms with Gasteiger partial charge in [-0.3, -0.25) is 9.59 Å². The van der Waals surface area contributed by atoms with E-state index in [4.69, 9.17) is 0 Å². The SMILES string of the molecule is CCc1cccc(NC(=O)CCC(=O)N2CCN(c3cccc(C)n3)CC2)c1. The van der Waals surface area contributed by atoms with Crippen LogP contribution in [0.15, 0.2) is 42.5 Å². The third kappa shape index (κ3) is 5.31. The van der Waals surface area contributed by atoms with E-state index in [1.54, 1.807) is 0 Å². The molecule has 6 nitrogen and oxygen atoms in total. The molecule has 2 heterocycles. The molecule has 1 saturated heterocycles. The predicted octanol–water partition coefficient (Wildman–Crippen LogP) is 3.02. The number of benzene rings is 1. The second-order valence-electron chi connectivity index (χ2n) is 7.11. The number of anilines is 2.